The number of nitrogens with one attached hydrogen (secondary N) is 2. The number of carbonyl (C=O) groups is 1. The van der Waals surface area contributed by atoms with Gasteiger partial charge in [0.15, 0.2) is 0 Å². The molecule has 1 heterocycles. The maximum absolute atomic E-state index is 12.4. The summed E-state index contributed by atoms with van der Waals surface area (Å²) in [4.78, 5) is 16.6. The molecule has 5 heteroatoms. The molecule has 0 aliphatic rings. The third-order valence-corrected chi connectivity index (χ3v) is 4.36. The quantitative estimate of drug-likeness (QED) is 0.826. The van der Waals surface area contributed by atoms with Crippen LogP contribution in [0.15, 0.2) is 35.8 Å². The number of nitrogens with zero attached hydrogens (tertiary/aromatic N) is 1. The van der Waals surface area contributed by atoms with Gasteiger partial charge in [-0.05, 0) is 31.6 Å². The Morgan fingerprint density at radius 1 is 1.38 bits per heavy atom. The molecular formula is C16H21N3OS. The highest BCUT2D eigenvalue weighted by atomic mass is 32.1. The van der Waals surface area contributed by atoms with Gasteiger partial charge in [0.2, 0.25) is 0 Å². The van der Waals surface area contributed by atoms with Gasteiger partial charge >= 0.3 is 0 Å². The monoisotopic (exact) mass is 303 g/mol. The number of likely N-dealkylation sites (N-methyl/N-ethyl adjacent to an activating group) is 1. The zero-order valence-electron chi connectivity index (χ0n) is 12.4. The van der Waals surface area contributed by atoms with E-state index >= 15 is 0 Å². The van der Waals surface area contributed by atoms with Crippen molar-refractivity contribution < 1.29 is 4.79 Å². The predicted octanol–water partition coefficient (Wildman–Crippen LogP) is 2.44. The Morgan fingerprint density at radius 3 is 2.90 bits per heavy atom. The first-order valence-corrected chi connectivity index (χ1v) is 8.00. The summed E-state index contributed by atoms with van der Waals surface area (Å²) in [7, 11) is 1.92. The molecule has 1 aromatic carbocycles. The molecule has 0 spiro atoms. The summed E-state index contributed by atoms with van der Waals surface area (Å²) in [6.45, 7) is 3.54. The number of hydrogen-bond donors (Lipinski definition) is 2. The second-order valence-corrected chi connectivity index (χ2v) is 5.92. The molecule has 0 bridgehead atoms. The Morgan fingerprint density at radius 2 is 2.19 bits per heavy atom. The molecule has 0 saturated heterocycles. The first-order valence-electron chi connectivity index (χ1n) is 7.12. The van der Waals surface area contributed by atoms with Crippen LogP contribution in [0.2, 0.25) is 0 Å². The highest BCUT2D eigenvalue weighted by Gasteiger charge is 2.13. The number of aromatic nitrogens is 1. The first kappa shape index (κ1) is 15.7. The van der Waals surface area contributed by atoms with Crippen molar-refractivity contribution in [3.63, 3.8) is 0 Å². The van der Waals surface area contributed by atoms with E-state index in [2.05, 4.69) is 22.5 Å². The van der Waals surface area contributed by atoms with E-state index in [4.69, 9.17) is 0 Å². The summed E-state index contributed by atoms with van der Waals surface area (Å²) in [5, 5.41) is 9.14. The van der Waals surface area contributed by atoms with Gasteiger partial charge in [0, 0.05) is 29.6 Å². The molecule has 1 unspecified atom stereocenters. The number of rotatable bonds is 7. The predicted molar refractivity (Wildman–Crippen MR) is 86.9 cm³/mol. The highest BCUT2D eigenvalue weighted by Crippen LogP contribution is 2.17. The SMILES string of the molecule is CNCCc1ccccc1C(=O)NCC(C)c1nccs1. The molecule has 2 rings (SSSR count). The van der Waals surface area contributed by atoms with Crippen LogP contribution in [-0.2, 0) is 6.42 Å². The van der Waals surface area contributed by atoms with Crippen molar-refractivity contribution in [2.45, 2.75) is 19.3 Å². The van der Waals surface area contributed by atoms with Gasteiger partial charge in [0.05, 0.1) is 5.01 Å². The van der Waals surface area contributed by atoms with Gasteiger partial charge in [-0.2, -0.15) is 0 Å². The van der Waals surface area contributed by atoms with E-state index in [9.17, 15) is 4.79 Å². The summed E-state index contributed by atoms with van der Waals surface area (Å²) in [6.07, 6.45) is 2.65. The molecule has 21 heavy (non-hydrogen) atoms. The minimum absolute atomic E-state index is 0.00916. The summed E-state index contributed by atoms with van der Waals surface area (Å²) < 4.78 is 0. The molecule has 0 aliphatic heterocycles. The van der Waals surface area contributed by atoms with Crippen LogP contribution in [0.1, 0.15) is 33.8 Å². The van der Waals surface area contributed by atoms with Crippen molar-refractivity contribution in [2.24, 2.45) is 0 Å². The van der Waals surface area contributed by atoms with Crippen LogP contribution in [0.3, 0.4) is 0 Å². The van der Waals surface area contributed by atoms with Crippen LogP contribution in [0.4, 0.5) is 0 Å². The standard InChI is InChI=1S/C16H21N3OS/c1-12(16-18-9-10-21-16)11-19-15(20)14-6-4-3-5-13(14)7-8-17-2/h3-6,9-10,12,17H,7-8,11H2,1-2H3,(H,19,20). The number of hydrogen-bond acceptors (Lipinski definition) is 4. The van der Waals surface area contributed by atoms with Crippen LogP contribution < -0.4 is 10.6 Å². The number of thiazole rings is 1. The zero-order chi connectivity index (χ0) is 15.1. The lowest BCUT2D eigenvalue weighted by Crippen LogP contribution is -2.28. The van der Waals surface area contributed by atoms with Crippen molar-refractivity contribution in [3.05, 3.63) is 52.0 Å². The third kappa shape index (κ3) is 4.37. The Kier molecular flexibility index (Phi) is 5.90. The Labute approximate surface area is 129 Å². The van der Waals surface area contributed by atoms with Gasteiger partial charge in [-0.1, -0.05) is 25.1 Å². The molecule has 0 aliphatic carbocycles. The molecule has 0 radical (unpaired) electrons. The van der Waals surface area contributed by atoms with Gasteiger partial charge < -0.3 is 10.6 Å². The van der Waals surface area contributed by atoms with Gasteiger partial charge in [-0.3, -0.25) is 4.79 Å². The molecule has 2 aromatic rings. The average molecular weight is 303 g/mol. The van der Waals surface area contributed by atoms with Crippen molar-refractivity contribution in [1.82, 2.24) is 15.6 Å². The smallest absolute Gasteiger partial charge is 0.251 e. The van der Waals surface area contributed by atoms with Crippen molar-refractivity contribution in [2.75, 3.05) is 20.1 Å². The lowest BCUT2D eigenvalue weighted by atomic mass is 10.0. The molecule has 0 fully saturated rings. The van der Waals surface area contributed by atoms with Gasteiger partial charge in [-0.15, -0.1) is 11.3 Å². The fraction of sp³-hybridized carbons (Fsp3) is 0.375. The van der Waals surface area contributed by atoms with Gasteiger partial charge in [0.1, 0.15) is 0 Å². The lowest BCUT2D eigenvalue weighted by Gasteiger charge is -2.12. The Hall–Kier alpha value is -1.72. The van der Waals surface area contributed by atoms with Gasteiger partial charge in [-0.25, -0.2) is 4.98 Å². The maximum Gasteiger partial charge on any atom is 0.251 e. The molecule has 2 N–H and O–H groups in total. The topological polar surface area (TPSA) is 54.0 Å². The Bertz CT molecular complexity index is 569. The van der Waals surface area contributed by atoms with Crippen LogP contribution in [0.5, 0.6) is 0 Å². The van der Waals surface area contributed by atoms with Gasteiger partial charge in [0.25, 0.3) is 5.91 Å². The minimum Gasteiger partial charge on any atom is -0.351 e. The summed E-state index contributed by atoms with van der Waals surface area (Å²) in [5.74, 6) is 0.225. The van der Waals surface area contributed by atoms with Crippen LogP contribution >= 0.6 is 11.3 Å². The van der Waals surface area contributed by atoms with Crippen LogP contribution in [0, 0.1) is 0 Å². The van der Waals surface area contributed by atoms with Crippen molar-refractivity contribution in [1.29, 1.82) is 0 Å². The zero-order valence-corrected chi connectivity index (χ0v) is 13.2. The molecule has 0 saturated carbocycles. The van der Waals surface area contributed by atoms with Crippen molar-refractivity contribution >= 4 is 17.2 Å². The van der Waals surface area contributed by atoms with E-state index in [0.29, 0.717) is 6.54 Å². The highest BCUT2D eigenvalue weighted by molar-refractivity contribution is 7.09. The molecule has 112 valence electrons. The third-order valence-electron chi connectivity index (χ3n) is 3.35. The molecular weight excluding hydrogens is 282 g/mol. The average Bonchev–Trinajstić information content (AvgIpc) is 3.05. The summed E-state index contributed by atoms with van der Waals surface area (Å²) in [6, 6.07) is 7.77. The summed E-state index contributed by atoms with van der Waals surface area (Å²) in [5.41, 5.74) is 1.84. The second-order valence-electron chi connectivity index (χ2n) is 4.99. The van der Waals surface area contributed by atoms with Crippen LogP contribution in [-0.4, -0.2) is 31.0 Å². The number of amides is 1. The lowest BCUT2D eigenvalue weighted by molar-refractivity contribution is 0.0950. The Balaban J connectivity index is 1.97. The van der Waals surface area contributed by atoms with E-state index in [0.717, 1.165) is 29.1 Å². The normalized spacial score (nSPS) is 12.1. The molecule has 1 amide bonds. The number of carbonyl (C=O) groups excluding carboxylic acids is 1. The fourth-order valence-corrected chi connectivity index (χ4v) is 2.82. The van der Waals surface area contributed by atoms with E-state index < -0.39 is 0 Å². The van der Waals surface area contributed by atoms with Crippen molar-refractivity contribution in [3.8, 4) is 0 Å². The van der Waals surface area contributed by atoms with E-state index in [1.54, 1.807) is 17.5 Å². The molecule has 4 nitrogen and oxygen atoms in total. The second kappa shape index (κ2) is 7.90. The van der Waals surface area contributed by atoms with E-state index in [1.807, 2.05) is 36.7 Å². The summed E-state index contributed by atoms with van der Waals surface area (Å²) >= 11 is 1.62. The fourth-order valence-electron chi connectivity index (χ4n) is 2.13. The first-order chi connectivity index (χ1) is 10.2. The molecule has 1 aromatic heterocycles. The van der Waals surface area contributed by atoms with Crippen LogP contribution in [0.25, 0.3) is 0 Å². The maximum atomic E-state index is 12.4. The molecule has 1 atom stereocenters. The minimum atomic E-state index is -0.00916. The largest absolute Gasteiger partial charge is 0.351 e. The van der Waals surface area contributed by atoms with E-state index in [-0.39, 0.29) is 11.8 Å². The van der Waals surface area contributed by atoms with E-state index in [1.165, 1.54) is 0 Å². The number of benzene rings is 1.